The molecule has 0 aromatic heterocycles. The van der Waals surface area contributed by atoms with Gasteiger partial charge in [-0.25, -0.2) is 8.42 Å². The second-order valence-corrected chi connectivity index (χ2v) is 13.2. The van der Waals surface area contributed by atoms with Crippen LogP contribution in [0.15, 0.2) is 83.8 Å². The van der Waals surface area contributed by atoms with Crippen molar-refractivity contribution in [1.29, 1.82) is 0 Å². The summed E-state index contributed by atoms with van der Waals surface area (Å²) in [7, 11) is -4.14. The summed E-state index contributed by atoms with van der Waals surface area (Å²) in [6.07, 6.45) is 6.14. The summed E-state index contributed by atoms with van der Waals surface area (Å²) in [6, 6.07) is 22.4. The first-order valence-electron chi connectivity index (χ1n) is 15.7. The second kappa shape index (κ2) is 15.7. The average molecular weight is 620 g/mol. The molecule has 1 fully saturated rings. The number of carbonyl (C=O) groups is 2. The Morgan fingerprint density at radius 3 is 2.18 bits per heavy atom. The Balaban J connectivity index is 1.66. The number of hydrogen-bond acceptors (Lipinski definition) is 5. The molecule has 1 aliphatic rings. The fourth-order valence-corrected chi connectivity index (χ4v) is 7.10. The van der Waals surface area contributed by atoms with E-state index in [1.165, 1.54) is 18.6 Å². The van der Waals surface area contributed by atoms with E-state index in [1.54, 1.807) is 29.2 Å². The molecule has 0 aliphatic heterocycles. The van der Waals surface area contributed by atoms with Crippen molar-refractivity contribution >= 4 is 27.5 Å². The van der Waals surface area contributed by atoms with Crippen LogP contribution in [0.2, 0.25) is 0 Å². The lowest BCUT2D eigenvalue weighted by molar-refractivity contribution is -0.140. The summed E-state index contributed by atoms with van der Waals surface area (Å²) in [5, 5.41) is 3.19. The van der Waals surface area contributed by atoms with Gasteiger partial charge in [0.1, 0.15) is 18.3 Å². The van der Waals surface area contributed by atoms with Crippen LogP contribution in [0, 0.1) is 6.92 Å². The molecule has 236 valence electrons. The Hall–Kier alpha value is -3.85. The van der Waals surface area contributed by atoms with Crippen molar-refractivity contribution in [2.75, 3.05) is 24.0 Å². The van der Waals surface area contributed by atoms with Gasteiger partial charge in [0.2, 0.25) is 11.8 Å². The number of benzene rings is 3. The topological polar surface area (TPSA) is 96.0 Å². The van der Waals surface area contributed by atoms with E-state index in [-0.39, 0.29) is 23.4 Å². The number of nitrogens with zero attached hydrogens (tertiary/aromatic N) is 2. The van der Waals surface area contributed by atoms with Gasteiger partial charge >= 0.3 is 0 Å². The van der Waals surface area contributed by atoms with E-state index >= 15 is 0 Å². The molecule has 1 atom stereocenters. The Kier molecular flexibility index (Phi) is 11.8. The molecule has 0 saturated heterocycles. The quantitative estimate of drug-likeness (QED) is 0.243. The van der Waals surface area contributed by atoms with Gasteiger partial charge in [0, 0.05) is 12.6 Å². The van der Waals surface area contributed by atoms with Crippen molar-refractivity contribution < 1.29 is 22.7 Å². The summed E-state index contributed by atoms with van der Waals surface area (Å²) in [5.41, 5.74) is 2.37. The number of sulfonamides is 1. The number of nitrogens with one attached hydrogen (secondary N) is 1. The van der Waals surface area contributed by atoms with Crippen molar-refractivity contribution in [3.8, 4) is 5.75 Å². The molecule has 9 heteroatoms. The maximum absolute atomic E-state index is 14.2. The molecule has 0 unspecified atom stereocenters. The lowest BCUT2D eigenvalue weighted by Crippen LogP contribution is -2.54. The summed E-state index contributed by atoms with van der Waals surface area (Å²) in [6.45, 7) is 5.97. The molecule has 0 spiro atoms. The molecular weight excluding hydrogens is 574 g/mol. The highest BCUT2D eigenvalue weighted by Crippen LogP contribution is 2.26. The third-order valence-electron chi connectivity index (χ3n) is 8.15. The van der Waals surface area contributed by atoms with Crippen molar-refractivity contribution in [2.24, 2.45) is 0 Å². The van der Waals surface area contributed by atoms with Crippen LogP contribution in [0.1, 0.15) is 63.5 Å². The normalized spacial score (nSPS) is 14.4. The summed E-state index contributed by atoms with van der Waals surface area (Å²) >= 11 is 0. The van der Waals surface area contributed by atoms with Gasteiger partial charge in [-0.3, -0.25) is 13.9 Å². The summed E-state index contributed by atoms with van der Waals surface area (Å²) in [5.74, 6) is -0.0509. The Morgan fingerprint density at radius 2 is 1.57 bits per heavy atom. The smallest absolute Gasteiger partial charge is 0.264 e. The minimum atomic E-state index is -4.14. The third-order valence-corrected chi connectivity index (χ3v) is 9.93. The van der Waals surface area contributed by atoms with Crippen LogP contribution in [0.4, 0.5) is 5.69 Å². The second-order valence-electron chi connectivity index (χ2n) is 11.3. The zero-order chi connectivity index (χ0) is 31.5. The fourth-order valence-electron chi connectivity index (χ4n) is 5.68. The number of aryl methyl sites for hydroxylation is 1. The van der Waals surface area contributed by atoms with Gasteiger partial charge in [-0.1, -0.05) is 74.2 Å². The Morgan fingerprint density at radius 1 is 0.909 bits per heavy atom. The van der Waals surface area contributed by atoms with Crippen LogP contribution >= 0.6 is 0 Å². The van der Waals surface area contributed by atoms with E-state index in [0.717, 1.165) is 41.1 Å². The van der Waals surface area contributed by atoms with E-state index in [4.69, 9.17) is 4.74 Å². The van der Waals surface area contributed by atoms with Crippen LogP contribution in [0.25, 0.3) is 0 Å². The van der Waals surface area contributed by atoms with Crippen LogP contribution in [0.5, 0.6) is 5.75 Å². The predicted octanol–water partition coefficient (Wildman–Crippen LogP) is 5.89. The molecule has 2 amide bonds. The van der Waals surface area contributed by atoms with E-state index in [0.29, 0.717) is 30.9 Å². The molecule has 1 N–H and O–H groups in total. The molecule has 3 aromatic rings. The predicted molar refractivity (Wildman–Crippen MR) is 174 cm³/mol. The van der Waals surface area contributed by atoms with E-state index in [2.05, 4.69) is 5.32 Å². The monoisotopic (exact) mass is 619 g/mol. The summed E-state index contributed by atoms with van der Waals surface area (Å²) < 4.78 is 34.8. The number of ether oxygens (including phenoxy) is 1. The van der Waals surface area contributed by atoms with Gasteiger partial charge in [0.25, 0.3) is 10.0 Å². The zero-order valence-corrected chi connectivity index (χ0v) is 26.9. The molecule has 3 aromatic carbocycles. The molecule has 8 nitrogen and oxygen atoms in total. The average Bonchev–Trinajstić information content (AvgIpc) is 3.03. The van der Waals surface area contributed by atoms with Crippen LogP contribution in [-0.2, 0) is 26.0 Å². The SMILES string of the molecule is CCOc1ccc(S(=O)(=O)N(CC(=O)N(CCc2ccccc2)[C@@H](CC)C(=O)NC2CCCCC2)c2ccc(C)cc2)cc1. The van der Waals surface area contributed by atoms with Gasteiger partial charge in [-0.05, 0) is 81.5 Å². The fraction of sp³-hybridized carbons (Fsp3) is 0.429. The van der Waals surface area contributed by atoms with Crippen LogP contribution in [0.3, 0.4) is 0 Å². The molecule has 4 rings (SSSR count). The molecule has 1 aliphatic carbocycles. The Bertz CT molecular complexity index is 1450. The van der Waals surface area contributed by atoms with Crippen LogP contribution < -0.4 is 14.4 Å². The first kappa shape index (κ1) is 33.1. The molecule has 0 heterocycles. The molecule has 0 bridgehead atoms. The maximum atomic E-state index is 14.2. The van der Waals surface area contributed by atoms with E-state index in [1.807, 2.05) is 63.2 Å². The lowest BCUT2D eigenvalue weighted by atomic mass is 9.95. The highest BCUT2D eigenvalue weighted by molar-refractivity contribution is 7.92. The van der Waals surface area contributed by atoms with Gasteiger partial charge in [-0.2, -0.15) is 0 Å². The first-order valence-corrected chi connectivity index (χ1v) is 17.1. The van der Waals surface area contributed by atoms with Gasteiger partial charge in [0.05, 0.1) is 17.2 Å². The van der Waals surface area contributed by atoms with Crippen LogP contribution in [-0.4, -0.2) is 56.9 Å². The highest BCUT2D eigenvalue weighted by Gasteiger charge is 2.34. The zero-order valence-electron chi connectivity index (χ0n) is 26.1. The van der Waals surface area contributed by atoms with E-state index < -0.39 is 28.5 Å². The van der Waals surface area contributed by atoms with Crippen molar-refractivity contribution in [1.82, 2.24) is 10.2 Å². The molecule has 1 saturated carbocycles. The number of hydrogen-bond donors (Lipinski definition) is 1. The lowest BCUT2D eigenvalue weighted by Gasteiger charge is -2.34. The first-order chi connectivity index (χ1) is 21.2. The third kappa shape index (κ3) is 8.62. The van der Waals surface area contributed by atoms with Gasteiger partial charge < -0.3 is 15.0 Å². The van der Waals surface area contributed by atoms with Gasteiger partial charge in [-0.15, -0.1) is 0 Å². The maximum Gasteiger partial charge on any atom is 0.264 e. The number of rotatable bonds is 14. The molecule has 0 radical (unpaired) electrons. The van der Waals surface area contributed by atoms with Crippen molar-refractivity contribution in [3.63, 3.8) is 0 Å². The molecule has 44 heavy (non-hydrogen) atoms. The minimum Gasteiger partial charge on any atom is -0.494 e. The largest absolute Gasteiger partial charge is 0.494 e. The molecular formula is C35H45N3O5S. The van der Waals surface area contributed by atoms with Crippen molar-refractivity contribution in [3.05, 3.63) is 90.0 Å². The van der Waals surface area contributed by atoms with Gasteiger partial charge in [0.15, 0.2) is 0 Å². The van der Waals surface area contributed by atoms with E-state index in [9.17, 15) is 18.0 Å². The minimum absolute atomic E-state index is 0.0484. The summed E-state index contributed by atoms with van der Waals surface area (Å²) in [4.78, 5) is 29.5. The Labute approximate surface area is 262 Å². The number of amides is 2. The highest BCUT2D eigenvalue weighted by atomic mass is 32.2. The number of anilines is 1. The standard InChI is InChI=1S/C35H45N3O5S/c1-4-33(35(40)36-29-14-10-7-11-15-29)37(25-24-28-12-8-6-9-13-28)34(39)26-38(30-18-16-27(3)17-19-30)44(41,42)32-22-20-31(21-23-32)43-5-2/h6,8-9,12-13,16-23,29,33H,4-5,7,10-11,14-15,24-26H2,1-3H3,(H,36,40)/t33-/m0/s1. The van der Waals surface area contributed by atoms with Crippen molar-refractivity contribution in [2.45, 2.75) is 82.7 Å². The number of carbonyl (C=O) groups excluding carboxylic acids is 2.